The Hall–Kier alpha value is -0.910. The number of nitrogens with one attached hydrogen (secondary N) is 1. The van der Waals surface area contributed by atoms with Gasteiger partial charge in [-0.15, -0.1) is 24.2 Å². The van der Waals surface area contributed by atoms with E-state index in [9.17, 15) is 9.90 Å². The maximum Gasteiger partial charge on any atom is 0.232 e. The van der Waals surface area contributed by atoms with E-state index in [0.29, 0.717) is 17.6 Å². The van der Waals surface area contributed by atoms with Crippen molar-refractivity contribution in [3.05, 3.63) is 24.3 Å². The number of likely N-dealkylation sites (tertiary alicyclic amines) is 1. The molecule has 2 atom stereocenters. The third-order valence-corrected chi connectivity index (χ3v) is 4.94. The monoisotopic (exact) mass is 314 g/mol. The fraction of sp³-hybridized carbons (Fsp3) is 0.500. The zero-order valence-corrected chi connectivity index (χ0v) is 12.8. The fourth-order valence-electron chi connectivity index (χ4n) is 2.84. The molecule has 1 aromatic rings. The van der Waals surface area contributed by atoms with Gasteiger partial charge in [0.15, 0.2) is 0 Å². The largest absolute Gasteiger partial charge is 0.508 e. The van der Waals surface area contributed by atoms with Gasteiger partial charge in [0.25, 0.3) is 0 Å². The van der Waals surface area contributed by atoms with E-state index < -0.39 is 0 Å². The molecule has 0 aliphatic carbocycles. The molecule has 20 heavy (non-hydrogen) atoms. The molecule has 2 fully saturated rings. The van der Waals surface area contributed by atoms with Gasteiger partial charge in [-0.2, -0.15) is 0 Å². The van der Waals surface area contributed by atoms with Gasteiger partial charge >= 0.3 is 0 Å². The lowest BCUT2D eigenvalue weighted by molar-refractivity contribution is -0.127. The third-order valence-electron chi connectivity index (χ3n) is 3.94. The van der Waals surface area contributed by atoms with Gasteiger partial charge in [-0.1, -0.05) is 0 Å². The highest BCUT2D eigenvalue weighted by molar-refractivity contribution is 8.00. The molecule has 2 aliphatic rings. The molecule has 1 aromatic carbocycles. The van der Waals surface area contributed by atoms with Crippen molar-refractivity contribution in [2.45, 2.75) is 4.90 Å². The van der Waals surface area contributed by atoms with Crippen molar-refractivity contribution in [3.8, 4) is 5.75 Å². The van der Waals surface area contributed by atoms with Gasteiger partial charge in [0.2, 0.25) is 5.91 Å². The van der Waals surface area contributed by atoms with E-state index in [1.807, 2.05) is 17.0 Å². The van der Waals surface area contributed by atoms with E-state index >= 15 is 0 Å². The summed E-state index contributed by atoms with van der Waals surface area (Å²) in [4.78, 5) is 15.2. The minimum absolute atomic E-state index is 0. The lowest BCUT2D eigenvalue weighted by Crippen LogP contribution is -2.33. The highest BCUT2D eigenvalue weighted by Gasteiger charge is 2.37. The lowest BCUT2D eigenvalue weighted by Gasteiger charge is -2.17. The van der Waals surface area contributed by atoms with Crippen LogP contribution in [0.15, 0.2) is 29.2 Å². The average molecular weight is 315 g/mol. The number of fused-ring (bicyclic) bond motifs is 1. The molecule has 110 valence electrons. The fourth-order valence-corrected chi connectivity index (χ4v) is 3.64. The Morgan fingerprint density at radius 3 is 2.45 bits per heavy atom. The molecule has 6 heteroatoms. The summed E-state index contributed by atoms with van der Waals surface area (Å²) in [5.41, 5.74) is 0. The molecule has 2 saturated heterocycles. The summed E-state index contributed by atoms with van der Waals surface area (Å²) in [6.45, 7) is 3.93. The topological polar surface area (TPSA) is 52.6 Å². The molecule has 0 aromatic heterocycles. The highest BCUT2D eigenvalue weighted by atomic mass is 35.5. The number of carbonyl (C=O) groups is 1. The van der Waals surface area contributed by atoms with Crippen molar-refractivity contribution in [3.63, 3.8) is 0 Å². The second kappa shape index (κ2) is 6.70. The number of hydrogen-bond donors (Lipinski definition) is 2. The second-order valence-electron chi connectivity index (χ2n) is 5.26. The van der Waals surface area contributed by atoms with Crippen LogP contribution in [0.2, 0.25) is 0 Å². The number of hydrogen-bond acceptors (Lipinski definition) is 4. The number of rotatable bonds is 3. The Morgan fingerprint density at radius 1 is 1.25 bits per heavy atom. The van der Waals surface area contributed by atoms with Crippen molar-refractivity contribution in [1.29, 1.82) is 0 Å². The summed E-state index contributed by atoms with van der Waals surface area (Å²) in [7, 11) is 0. The van der Waals surface area contributed by atoms with Crippen LogP contribution in [0.1, 0.15) is 0 Å². The Balaban J connectivity index is 0.00000147. The Morgan fingerprint density at radius 2 is 1.85 bits per heavy atom. The van der Waals surface area contributed by atoms with Crippen LogP contribution in [0, 0.1) is 11.8 Å². The molecule has 0 unspecified atom stereocenters. The first kappa shape index (κ1) is 15.5. The molecule has 0 saturated carbocycles. The second-order valence-corrected chi connectivity index (χ2v) is 6.31. The van der Waals surface area contributed by atoms with E-state index in [1.54, 1.807) is 12.1 Å². The lowest BCUT2D eigenvalue weighted by atomic mass is 10.0. The van der Waals surface area contributed by atoms with E-state index in [1.165, 1.54) is 11.8 Å². The molecule has 0 radical (unpaired) electrons. The number of benzene rings is 1. The van der Waals surface area contributed by atoms with Gasteiger partial charge in [0.05, 0.1) is 5.75 Å². The smallest absolute Gasteiger partial charge is 0.232 e. The van der Waals surface area contributed by atoms with Crippen LogP contribution >= 0.6 is 24.2 Å². The Bertz CT molecular complexity index is 457. The summed E-state index contributed by atoms with van der Waals surface area (Å²) in [6.07, 6.45) is 0. The van der Waals surface area contributed by atoms with Crippen LogP contribution in [-0.4, -0.2) is 47.8 Å². The van der Waals surface area contributed by atoms with Crippen molar-refractivity contribution < 1.29 is 9.90 Å². The predicted octanol–water partition coefficient (Wildman–Crippen LogP) is 1.58. The number of aromatic hydroxyl groups is 1. The maximum atomic E-state index is 12.2. The quantitative estimate of drug-likeness (QED) is 0.832. The third kappa shape index (κ3) is 3.40. The number of nitrogens with zero attached hydrogens (tertiary/aromatic N) is 1. The molecule has 1 amide bonds. The van der Waals surface area contributed by atoms with Crippen LogP contribution in [0.25, 0.3) is 0 Å². The molecule has 4 nitrogen and oxygen atoms in total. The first-order chi connectivity index (χ1) is 9.22. The zero-order chi connectivity index (χ0) is 13.2. The van der Waals surface area contributed by atoms with Crippen molar-refractivity contribution in [1.82, 2.24) is 10.2 Å². The number of thioether (sulfide) groups is 1. The maximum absolute atomic E-state index is 12.2. The van der Waals surface area contributed by atoms with Gasteiger partial charge in [-0.05, 0) is 36.1 Å². The number of phenolic OH excluding ortho intramolecular Hbond substituents is 1. The minimum Gasteiger partial charge on any atom is -0.508 e. The normalized spacial score (nSPS) is 24.3. The van der Waals surface area contributed by atoms with Crippen LogP contribution in [0.5, 0.6) is 5.75 Å². The summed E-state index contributed by atoms with van der Waals surface area (Å²) in [6, 6.07) is 6.99. The van der Waals surface area contributed by atoms with E-state index in [2.05, 4.69) is 5.32 Å². The molecule has 2 heterocycles. The molecular weight excluding hydrogens is 296 g/mol. The van der Waals surface area contributed by atoms with Gasteiger partial charge in [0, 0.05) is 31.1 Å². The van der Waals surface area contributed by atoms with E-state index in [-0.39, 0.29) is 24.1 Å². The van der Waals surface area contributed by atoms with Gasteiger partial charge in [0.1, 0.15) is 5.75 Å². The Labute approximate surface area is 129 Å². The predicted molar refractivity (Wildman–Crippen MR) is 82.5 cm³/mol. The van der Waals surface area contributed by atoms with Crippen LogP contribution < -0.4 is 5.32 Å². The van der Waals surface area contributed by atoms with Crippen LogP contribution in [-0.2, 0) is 4.79 Å². The summed E-state index contributed by atoms with van der Waals surface area (Å²) in [5, 5.41) is 12.6. The zero-order valence-electron chi connectivity index (χ0n) is 11.1. The SMILES string of the molecule is Cl.O=C(CSc1ccc(O)cc1)N1C[C@H]2CNC[C@H]2C1. The molecule has 0 spiro atoms. The summed E-state index contributed by atoms with van der Waals surface area (Å²) >= 11 is 1.53. The van der Waals surface area contributed by atoms with Crippen molar-refractivity contribution >= 4 is 30.1 Å². The minimum atomic E-state index is 0. The Kier molecular flexibility index (Phi) is 5.18. The number of carbonyl (C=O) groups excluding carboxylic acids is 1. The number of amides is 1. The van der Waals surface area contributed by atoms with Crippen LogP contribution in [0.4, 0.5) is 0 Å². The first-order valence-corrected chi connectivity index (χ1v) is 7.61. The average Bonchev–Trinajstić information content (AvgIpc) is 2.98. The van der Waals surface area contributed by atoms with Gasteiger partial charge in [-0.3, -0.25) is 4.79 Å². The summed E-state index contributed by atoms with van der Waals surface area (Å²) < 4.78 is 0. The van der Waals surface area contributed by atoms with Crippen LogP contribution in [0.3, 0.4) is 0 Å². The molecular formula is C14H19ClN2O2S. The molecule has 2 aliphatic heterocycles. The van der Waals surface area contributed by atoms with Crippen molar-refractivity contribution in [2.24, 2.45) is 11.8 Å². The summed E-state index contributed by atoms with van der Waals surface area (Å²) in [5.74, 6) is 2.28. The van der Waals surface area contributed by atoms with E-state index in [4.69, 9.17) is 0 Å². The molecule has 0 bridgehead atoms. The first-order valence-electron chi connectivity index (χ1n) is 6.62. The van der Waals surface area contributed by atoms with Crippen molar-refractivity contribution in [2.75, 3.05) is 31.9 Å². The molecule has 2 N–H and O–H groups in total. The molecule has 3 rings (SSSR count). The number of halogens is 1. The van der Waals surface area contributed by atoms with E-state index in [0.717, 1.165) is 31.1 Å². The highest BCUT2D eigenvalue weighted by Crippen LogP contribution is 2.27. The van der Waals surface area contributed by atoms with Gasteiger partial charge in [-0.25, -0.2) is 0 Å². The number of phenols is 1. The van der Waals surface area contributed by atoms with Gasteiger partial charge < -0.3 is 15.3 Å². The standard InChI is InChI=1S/C14H18N2O2S.ClH/c17-12-1-3-13(4-2-12)19-9-14(18)16-7-10-5-15-6-11(10)8-16;/h1-4,10-11,15,17H,5-9H2;1H/t10-,11+;.